The van der Waals surface area contributed by atoms with E-state index in [1.807, 2.05) is 31.2 Å². The van der Waals surface area contributed by atoms with Gasteiger partial charge in [-0.25, -0.2) is 0 Å². The molecule has 1 aromatic carbocycles. The third kappa shape index (κ3) is 2.08. The molecule has 0 heterocycles. The molecule has 1 aromatic rings. The monoisotopic (exact) mass is 190 g/mol. The van der Waals surface area contributed by atoms with Gasteiger partial charge in [0.05, 0.1) is 0 Å². The van der Waals surface area contributed by atoms with Gasteiger partial charge in [0.15, 0.2) is 0 Å². The van der Waals surface area contributed by atoms with Crippen molar-refractivity contribution >= 4 is 11.6 Å². The molecule has 0 aliphatic heterocycles. The minimum absolute atomic E-state index is 0.0909. The summed E-state index contributed by atoms with van der Waals surface area (Å²) in [5.74, 6) is -0.769. The summed E-state index contributed by atoms with van der Waals surface area (Å²) >= 11 is 0. The van der Waals surface area contributed by atoms with Crippen LogP contribution in [0.15, 0.2) is 24.3 Å². The first-order valence-electron chi connectivity index (χ1n) is 4.60. The molecule has 0 amide bonds. The van der Waals surface area contributed by atoms with Gasteiger partial charge in [0.2, 0.25) is 0 Å². The average molecular weight is 190 g/mol. The van der Waals surface area contributed by atoms with E-state index in [2.05, 4.69) is 0 Å². The number of aryl methyl sites for hydroxylation is 1. The smallest absolute Gasteiger partial charge is 0.144 e. The topological polar surface area (TPSA) is 34.1 Å². The zero-order valence-electron chi connectivity index (χ0n) is 8.70. The summed E-state index contributed by atoms with van der Waals surface area (Å²) < 4.78 is 0. The number of carbonyl (C=O) groups is 2. The number of rotatable bonds is 3. The molecule has 14 heavy (non-hydrogen) atoms. The van der Waals surface area contributed by atoms with Gasteiger partial charge in [-0.1, -0.05) is 24.3 Å². The third-order valence-corrected chi connectivity index (χ3v) is 2.31. The number of hydrogen-bond donors (Lipinski definition) is 0. The number of carbonyl (C=O) groups excluding carboxylic acids is 2. The van der Waals surface area contributed by atoms with Crippen LogP contribution in [0.3, 0.4) is 0 Å². The van der Waals surface area contributed by atoms with Crippen LogP contribution in [0, 0.1) is 6.92 Å². The second-order valence-electron chi connectivity index (χ2n) is 3.51. The van der Waals surface area contributed by atoms with E-state index >= 15 is 0 Å². The molecular weight excluding hydrogens is 176 g/mol. The fraction of sp³-hybridized carbons (Fsp3) is 0.333. The molecule has 0 spiro atoms. The van der Waals surface area contributed by atoms with Crippen molar-refractivity contribution in [1.82, 2.24) is 0 Å². The largest absolute Gasteiger partial charge is 0.299 e. The lowest BCUT2D eigenvalue weighted by atomic mass is 9.89. The maximum absolute atomic E-state index is 11.3. The second-order valence-corrected chi connectivity index (χ2v) is 3.51. The summed E-state index contributed by atoms with van der Waals surface area (Å²) in [6.07, 6.45) is 0. The van der Waals surface area contributed by atoms with Crippen LogP contribution >= 0.6 is 0 Å². The predicted octanol–water partition coefficient (Wildman–Crippen LogP) is 2.26. The molecule has 0 saturated carbocycles. The normalized spacial score (nSPS) is 10.3. The van der Waals surface area contributed by atoms with Gasteiger partial charge in [0.25, 0.3) is 0 Å². The van der Waals surface area contributed by atoms with Gasteiger partial charge in [-0.2, -0.15) is 0 Å². The molecule has 0 bridgehead atoms. The molecule has 0 N–H and O–H groups in total. The molecule has 0 saturated heterocycles. The Morgan fingerprint density at radius 3 is 2.00 bits per heavy atom. The molecule has 0 aliphatic carbocycles. The predicted molar refractivity (Wildman–Crippen MR) is 55.3 cm³/mol. The molecular formula is C12H14O2. The molecule has 2 nitrogen and oxygen atoms in total. The van der Waals surface area contributed by atoms with Crippen molar-refractivity contribution in [2.75, 3.05) is 0 Å². The molecule has 0 atom stereocenters. The lowest BCUT2D eigenvalue weighted by Gasteiger charge is -2.12. The molecule has 0 radical (unpaired) electrons. The van der Waals surface area contributed by atoms with Gasteiger partial charge in [-0.3, -0.25) is 9.59 Å². The Labute approximate surface area is 83.9 Å². The van der Waals surface area contributed by atoms with Crippen LogP contribution in [0.5, 0.6) is 0 Å². The lowest BCUT2D eigenvalue weighted by molar-refractivity contribution is -0.126. The van der Waals surface area contributed by atoms with Gasteiger partial charge >= 0.3 is 0 Å². The van der Waals surface area contributed by atoms with Gasteiger partial charge in [0, 0.05) is 0 Å². The van der Waals surface area contributed by atoms with E-state index in [1.54, 1.807) is 0 Å². The van der Waals surface area contributed by atoms with Crippen molar-refractivity contribution in [2.24, 2.45) is 0 Å². The van der Waals surface area contributed by atoms with Crippen molar-refractivity contribution in [3.8, 4) is 0 Å². The highest BCUT2D eigenvalue weighted by molar-refractivity contribution is 6.05. The van der Waals surface area contributed by atoms with Crippen LogP contribution in [0.4, 0.5) is 0 Å². The quantitative estimate of drug-likeness (QED) is 0.685. The molecule has 0 fully saturated rings. The Morgan fingerprint density at radius 1 is 1.07 bits per heavy atom. The minimum Gasteiger partial charge on any atom is -0.299 e. The Balaban J connectivity index is 3.18. The molecule has 0 unspecified atom stereocenters. The molecule has 0 aromatic heterocycles. The molecule has 74 valence electrons. The molecule has 0 aliphatic rings. The van der Waals surface area contributed by atoms with E-state index in [9.17, 15) is 9.59 Å². The minimum atomic E-state index is -0.587. The van der Waals surface area contributed by atoms with E-state index in [0.717, 1.165) is 11.1 Å². The Kier molecular flexibility index (Phi) is 3.18. The van der Waals surface area contributed by atoms with Crippen LogP contribution in [0.2, 0.25) is 0 Å². The van der Waals surface area contributed by atoms with Crippen molar-refractivity contribution in [3.05, 3.63) is 35.4 Å². The fourth-order valence-corrected chi connectivity index (χ4v) is 1.63. The summed E-state index contributed by atoms with van der Waals surface area (Å²) in [6, 6.07) is 7.49. The maximum atomic E-state index is 11.3. The number of hydrogen-bond acceptors (Lipinski definition) is 2. The van der Waals surface area contributed by atoms with E-state index in [4.69, 9.17) is 0 Å². The average Bonchev–Trinajstić information content (AvgIpc) is 2.07. The number of benzene rings is 1. The van der Waals surface area contributed by atoms with Crippen LogP contribution in [0.1, 0.15) is 30.9 Å². The van der Waals surface area contributed by atoms with E-state index in [1.165, 1.54) is 13.8 Å². The Hall–Kier alpha value is -1.44. The molecule has 1 rings (SSSR count). The highest BCUT2D eigenvalue weighted by Crippen LogP contribution is 2.21. The first-order chi connectivity index (χ1) is 6.54. The zero-order valence-corrected chi connectivity index (χ0v) is 8.70. The van der Waals surface area contributed by atoms with Gasteiger partial charge < -0.3 is 0 Å². The third-order valence-electron chi connectivity index (χ3n) is 2.31. The van der Waals surface area contributed by atoms with E-state index in [0.29, 0.717) is 0 Å². The summed E-state index contributed by atoms with van der Waals surface area (Å²) in [5, 5.41) is 0. The van der Waals surface area contributed by atoms with Crippen molar-refractivity contribution in [3.63, 3.8) is 0 Å². The van der Waals surface area contributed by atoms with Crippen LogP contribution < -0.4 is 0 Å². The maximum Gasteiger partial charge on any atom is 0.144 e. The van der Waals surface area contributed by atoms with Crippen molar-refractivity contribution < 1.29 is 9.59 Å². The second kappa shape index (κ2) is 4.18. The highest BCUT2D eigenvalue weighted by atomic mass is 16.1. The fourth-order valence-electron chi connectivity index (χ4n) is 1.63. The Morgan fingerprint density at radius 2 is 1.57 bits per heavy atom. The summed E-state index contributed by atoms with van der Waals surface area (Å²) in [4.78, 5) is 22.6. The molecule has 2 heteroatoms. The van der Waals surface area contributed by atoms with Crippen LogP contribution in [0.25, 0.3) is 0 Å². The van der Waals surface area contributed by atoms with Crippen LogP contribution in [-0.4, -0.2) is 11.6 Å². The van der Waals surface area contributed by atoms with Gasteiger partial charge in [-0.05, 0) is 31.9 Å². The summed E-state index contributed by atoms with van der Waals surface area (Å²) in [7, 11) is 0. The lowest BCUT2D eigenvalue weighted by Crippen LogP contribution is -2.17. The van der Waals surface area contributed by atoms with E-state index in [-0.39, 0.29) is 11.6 Å². The van der Waals surface area contributed by atoms with Crippen molar-refractivity contribution in [1.29, 1.82) is 0 Å². The number of Topliss-reactive ketones (excluding diaryl/α,β-unsaturated/α-hetero) is 2. The highest BCUT2D eigenvalue weighted by Gasteiger charge is 2.22. The van der Waals surface area contributed by atoms with Gasteiger partial charge in [0.1, 0.15) is 17.5 Å². The summed E-state index contributed by atoms with van der Waals surface area (Å²) in [5.41, 5.74) is 1.82. The van der Waals surface area contributed by atoms with Crippen LogP contribution in [-0.2, 0) is 9.59 Å². The van der Waals surface area contributed by atoms with Crippen molar-refractivity contribution in [2.45, 2.75) is 26.7 Å². The first-order valence-corrected chi connectivity index (χ1v) is 4.60. The van der Waals surface area contributed by atoms with E-state index < -0.39 is 5.92 Å². The SMILES string of the molecule is CC(=O)C(C(C)=O)c1ccccc1C. The zero-order chi connectivity index (χ0) is 10.7. The Bertz CT molecular complexity index is 352. The standard InChI is InChI=1S/C12H14O2/c1-8-6-4-5-7-11(8)12(9(2)13)10(3)14/h4-7,12H,1-3H3. The first kappa shape index (κ1) is 10.6. The summed E-state index contributed by atoms with van der Waals surface area (Å²) in [6.45, 7) is 4.82. The number of ketones is 2. The van der Waals surface area contributed by atoms with Gasteiger partial charge in [-0.15, -0.1) is 0 Å².